The lowest BCUT2D eigenvalue weighted by atomic mass is 9.68. The van der Waals surface area contributed by atoms with Crippen LogP contribution in [-0.4, -0.2) is 44.7 Å². The van der Waals surface area contributed by atoms with E-state index in [2.05, 4.69) is 0 Å². The lowest BCUT2D eigenvalue weighted by Gasteiger charge is -2.36. The number of benzene rings is 1. The molecule has 0 radical (unpaired) electrons. The summed E-state index contributed by atoms with van der Waals surface area (Å²) >= 11 is 2.91. The molecule has 212 valence electrons. The van der Waals surface area contributed by atoms with E-state index in [1.54, 1.807) is 0 Å². The molecule has 0 spiro atoms. The van der Waals surface area contributed by atoms with Gasteiger partial charge >= 0.3 is 0 Å². The fourth-order valence-corrected chi connectivity index (χ4v) is 7.88. The van der Waals surface area contributed by atoms with E-state index in [-0.39, 0.29) is 39.4 Å². The number of thioether (sulfide) groups is 2. The van der Waals surface area contributed by atoms with E-state index in [4.69, 9.17) is 9.47 Å². The molecular formula is C31H46O5S2. The highest BCUT2D eigenvalue weighted by atomic mass is 32.2. The summed E-state index contributed by atoms with van der Waals surface area (Å²) in [6.45, 7) is 16.1. The van der Waals surface area contributed by atoms with E-state index in [9.17, 15) is 14.4 Å². The van der Waals surface area contributed by atoms with Crippen molar-refractivity contribution in [2.45, 2.75) is 121 Å². The molecule has 1 heterocycles. The Bertz CT molecular complexity index is 997. The van der Waals surface area contributed by atoms with E-state index in [0.29, 0.717) is 44.3 Å². The summed E-state index contributed by atoms with van der Waals surface area (Å²) in [5.41, 5.74) is -1.13. The maximum atomic E-state index is 13.7. The van der Waals surface area contributed by atoms with Gasteiger partial charge in [0.1, 0.15) is 11.6 Å². The molecule has 0 aromatic heterocycles. The van der Waals surface area contributed by atoms with Crippen molar-refractivity contribution in [2.24, 2.45) is 17.3 Å². The molecule has 1 aliphatic carbocycles. The monoisotopic (exact) mass is 562 g/mol. The minimum atomic E-state index is -0.673. The molecule has 5 nitrogen and oxygen atoms in total. The molecule has 2 aliphatic rings. The minimum Gasteiger partial charge on any atom is -0.344 e. The minimum absolute atomic E-state index is 0.0784. The number of carbonyl (C=O) groups is 3. The molecule has 1 aromatic rings. The third kappa shape index (κ3) is 8.18. The normalized spacial score (nSPS) is 27.4. The van der Waals surface area contributed by atoms with Crippen molar-refractivity contribution in [3.8, 4) is 0 Å². The van der Waals surface area contributed by atoms with Gasteiger partial charge in [-0.25, -0.2) is 0 Å². The standard InChI is InChI=1S/C31H46O5S2/c1-28(2,3)38-27(34)23(14-17-26-29(4,5)36-30(6,7)35-26)24-15-16-25(33)31(24,8)19-18-21(32)20-37-22-12-10-9-11-13-22/h9-13,23-24,26H,14-20H2,1-8H3/t23-,24-,26+,31-/m1/s1. The average molecular weight is 563 g/mol. The summed E-state index contributed by atoms with van der Waals surface area (Å²) in [6.07, 6.45) is 3.21. The van der Waals surface area contributed by atoms with Crippen LogP contribution in [0.3, 0.4) is 0 Å². The predicted octanol–water partition coefficient (Wildman–Crippen LogP) is 7.50. The third-order valence-electron chi connectivity index (χ3n) is 7.85. The highest BCUT2D eigenvalue weighted by molar-refractivity contribution is 8.14. The Labute approximate surface area is 238 Å². The van der Waals surface area contributed by atoms with Crippen LogP contribution in [0.2, 0.25) is 0 Å². The van der Waals surface area contributed by atoms with Gasteiger partial charge in [-0.2, -0.15) is 0 Å². The summed E-state index contributed by atoms with van der Waals surface area (Å²) in [7, 11) is 0. The quantitative estimate of drug-likeness (QED) is 0.259. The van der Waals surface area contributed by atoms with Crippen LogP contribution in [0.25, 0.3) is 0 Å². The van der Waals surface area contributed by atoms with Crippen LogP contribution >= 0.6 is 23.5 Å². The second-order valence-electron chi connectivity index (χ2n) is 13.1. The van der Waals surface area contributed by atoms with Gasteiger partial charge in [0.05, 0.1) is 17.5 Å². The van der Waals surface area contributed by atoms with Crippen LogP contribution in [0.1, 0.15) is 93.9 Å². The average Bonchev–Trinajstić information content (AvgIpc) is 3.21. The first-order chi connectivity index (χ1) is 17.5. The van der Waals surface area contributed by atoms with E-state index >= 15 is 0 Å². The van der Waals surface area contributed by atoms with Gasteiger partial charge in [0.2, 0.25) is 0 Å². The van der Waals surface area contributed by atoms with Crippen LogP contribution in [-0.2, 0) is 23.9 Å². The van der Waals surface area contributed by atoms with Crippen LogP contribution in [0, 0.1) is 17.3 Å². The van der Waals surface area contributed by atoms with Crippen LogP contribution < -0.4 is 0 Å². The van der Waals surface area contributed by atoms with E-state index in [1.807, 2.05) is 85.7 Å². The molecule has 0 N–H and O–H groups in total. The predicted molar refractivity (Wildman–Crippen MR) is 156 cm³/mol. The molecule has 3 rings (SSSR count). The lowest BCUT2D eigenvalue weighted by Crippen LogP contribution is -2.39. The van der Waals surface area contributed by atoms with Gasteiger partial charge in [0.25, 0.3) is 0 Å². The number of Topliss-reactive ketones (excluding diaryl/α,β-unsaturated/α-hetero) is 2. The Morgan fingerprint density at radius 1 is 1.08 bits per heavy atom. The van der Waals surface area contributed by atoms with Gasteiger partial charge in [0, 0.05) is 33.8 Å². The summed E-state index contributed by atoms with van der Waals surface area (Å²) in [5, 5.41) is 0.144. The topological polar surface area (TPSA) is 69.7 Å². The first-order valence-electron chi connectivity index (χ1n) is 13.9. The zero-order valence-electron chi connectivity index (χ0n) is 24.4. The molecule has 7 heteroatoms. The first kappa shape index (κ1) is 31.4. The molecule has 1 saturated carbocycles. The van der Waals surface area contributed by atoms with Crippen molar-refractivity contribution in [2.75, 3.05) is 5.75 Å². The molecule has 38 heavy (non-hydrogen) atoms. The number of ketones is 2. The molecule has 0 bridgehead atoms. The van der Waals surface area contributed by atoms with Gasteiger partial charge in [-0.3, -0.25) is 14.4 Å². The molecule has 4 atom stereocenters. The lowest BCUT2D eigenvalue weighted by molar-refractivity contribution is -0.157. The number of ether oxygens (including phenoxy) is 2. The van der Waals surface area contributed by atoms with Gasteiger partial charge in [-0.05, 0) is 71.4 Å². The van der Waals surface area contributed by atoms with E-state index in [0.717, 1.165) is 4.90 Å². The van der Waals surface area contributed by atoms with Crippen molar-refractivity contribution in [3.05, 3.63) is 30.3 Å². The van der Waals surface area contributed by atoms with Crippen molar-refractivity contribution >= 4 is 40.2 Å². The van der Waals surface area contributed by atoms with Crippen molar-refractivity contribution in [1.29, 1.82) is 0 Å². The Morgan fingerprint density at radius 2 is 1.74 bits per heavy atom. The fraction of sp³-hybridized carbons (Fsp3) is 0.710. The molecule has 0 unspecified atom stereocenters. The maximum Gasteiger partial charge on any atom is 0.192 e. The third-order valence-corrected chi connectivity index (χ3v) is 10.0. The van der Waals surface area contributed by atoms with Crippen LogP contribution in [0.15, 0.2) is 35.2 Å². The summed E-state index contributed by atoms with van der Waals surface area (Å²) in [4.78, 5) is 40.9. The molecule has 1 aliphatic heterocycles. The Morgan fingerprint density at radius 3 is 2.32 bits per heavy atom. The summed E-state index contributed by atoms with van der Waals surface area (Å²) in [6, 6.07) is 9.89. The molecule has 1 aromatic carbocycles. The van der Waals surface area contributed by atoms with Crippen LogP contribution in [0.4, 0.5) is 0 Å². The highest BCUT2D eigenvalue weighted by Crippen LogP contribution is 2.51. The molecule has 0 amide bonds. The van der Waals surface area contributed by atoms with Crippen LogP contribution in [0.5, 0.6) is 0 Å². The SMILES string of the molecule is CC1(C)O[C@@H](CC[C@@H](C(=O)SC(C)(C)C)[C@H]2CCC(=O)[C@]2(C)CCC(=O)CSc2ccccc2)C(C)(C)O1. The second kappa shape index (κ2) is 12.2. The van der Waals surface area contributed by atoms with Gasteiger partial charge in [-0.15, -0.1) is 11.8 Å². The maximum absolute atomic E-state index is 13.7. The number of rotatable bonds is 11. The highest BCUT2D eigenvalue weighted by Gasteiger charge is 2.52. The van der Waals surface area contributed by atoms with Gasteiger partial charge < -0.3 is 9.47 Å². The molecule has 1 saturated heterocycles. The second-order valence-corrected chi connectivity index (χ2v) is 15.9. The number of hydrogen-bond donors (Lipinski definition) is 0. The van der Waals surface area contributed by atoms with E-state index < -0.39 is 16.8 Å². The van der Waals surface area contributed by atoms with Gasteiger partial charge in [-0.1, -0.05) is 57.7 Å². The Balaban J connectivity index is 1.73. The van der Waals surface area contributed by atoms with Crippen molar-refractivity contribution in [1.82, 2.24) is 0 Å². The van der Waals surface area contributed by atoms with E-state index in [1.165, 1.54) is 23.5 Å². The van der Waals surface area contributed by atoms with Gasteiger partial charge in [0.15, 0.2) is 10.9 Å². The number of hydrogen-bond acceptors (Lipinski definition) is 7. The summed E-state index contributed by atoms with van der Waals surface area (Å²) in [5.74, 6) is -0.287. The molecule has 2 fully saturated rings. The Hall–Kier alpha value is -1.15. The largest absolute Gasteiger partial charge is 0.344 e. The summed E-state index contributed by atoms with van der Waals surface area (Å²) < 4.78 is 12.1. The van der Waals surface area contributed by atoms with Crippen molar-refractivity contribution in [3.63, 3.8) is 0 Å². The Kier molecular flexibility index (Phi) is 10.0. The zero-order valence-corrected chi connectivity index (χ0v) is 26.1. The number of carbonyl (C=O) groups excluding carboxylic acids is 3. The fourth-order valence-electron chi connectivity index (χ4n) is 6.03. The molecular weight excluding hydrogens is 516 g/mol. The van der Waals surface area contributed by atoms with Crippen molar-refractivity contribution < 1.29 is 23.9 Å². The zero-order chi connectivity index (χ0) is 28.4. The smallest absolute Gasteiger partial charge is 0.192 e. The first-order valence-corrected chi connectivity index (χ1v) is 15.7.